The zero-order valence-corrected chi connectivity index (χ0v) is 12.5. The summed E-state index contributed by atoms with van der Waals surface area (Å²) in [7, 11) is 1.82. The molecule has 0 amide bonds. The summed E-state index contributed by atoms with van der Waals surface area (Å²) in [5.74, 6) is 0. The molecule has 19 heavy (non-hydrogen) atoms. The molecule has 2 unspecified atom stereocenters. The molecule has 1 fully saturated rings. The Balaban J connectivity index is 1.58. The Morgan fingerprint density at radius 2 is 1.95 bits per heavy atom. The molecule has 1 aromatic rings. The van der Waals surface area contributed by atoms with Crippen LogP contribution in [0.3, 0.4) is 0 Å². The van der Waals surface area contributed by atoms with Gasteiger partial charge in [-0.3, -0.25) is 0 Å². The van der Waals surface area contributed by atoms with Gasteiger partial charge in [0.05, 0.1) is 6.10 Å². The van der Waals surface area contributed by atoms with Crippen molar-refractivity contribution in [2.45, 2.75) is 51.7 Å². The summed E-state index contributed by atoms with van der Waals surface area (Å²) in [4.78, 5) is 0. The van der Waals surface area contributed by atoms with Gasteiger partial charge >= 0.3 is 0 Å². The number of nitrogens with one attached hydrogen (secondary N) is 1. The van der Waals surface area contributed by atoms with Crippen molar-refractivity contribution in [3.05, 3.63) is 35.9 Å². The molecule has 1 aliphatic rings. The lowest BCUT2D eigenvalue weighted by atomic mass is 9.64. The van der Waals surface area contributed by atoms with Crippen molar-refractivity contribution in [1.29, 1.82) is 0 Å². The smallest absolute Gasteiger partial charge is 0.0652 e. The van der Waals surface area contributed by atoms with Gasteiger partial charge < -0.3 is 10.1 Å². The maximum atomic E-state index is 5.48. The summed E-state index contributed by atoms with van der Waals surface area (Å²) in [6.45, 7) is 5.72. The highest BCUT2D eigenvalue weighted by atomic mass is 16.5. The molecule has 0 saturated heterocycles. The minimum Gasteiger partial charge on any atom is -0.381 e. The van der Waals surface area contributed by atoms with Crippen LogP contribution in [0, 0.1) is 5.41 Å². The maximum Gasteiger partial charge on any atom is 0.0652 e. The molecule has 0 heterocycles. The van der Waals surface area contributed by atoms with Crippen molar-refractivity contribution < 1.29 is 4.74 Å². The van der Waals surface area contributed by atoms with Crippen molar-refractivity contribution in [3.8, 4) is 0 Å². The fourth-order valence-corrected chi connectivity index (χ4v) is 3.01. The number of methoxy groups -OCH3 is 1. The predicted molar refractivity (Wildman–Crippen MR) is 80.4 cm³/mol. The largest absolute Gasteiger partial charge is 0.381 e. The Labute approximate surface area is 117 Å². The molecule has 1 aromatic carbocycles. The standard InChI is InChI=1S/C17H27NO/c1-17(2)15(13-16(17)19-3)18-12-8-7-11-14-9-5-4-6-10-14/h4-6,9-10,15-16,18H,7-8,11-13H2,1-3H3. The van der Waals surface area contributed by atoms with Crippen LogP contribution in [0.5, 0.6) is 0 Å². The van der Waals surface area contributed by atoms with Crippen molar-refractivity contribution >= 4 is 0 Å². The highest BCUT2D eigenvalue weighted by molar-refractivity contribution is 5.14. The Bertz CT molecular complexity index is 374. The molecule has 0 aromatic heterocycles. The van der Waals surface area contributed by atoms with E-state index in [0.29, 0.717) is 12.1 Å². The van der Waals surface area contributed by atoms with Gasteiger partial charge in [0.1, 0.15) is 0 Å². The van der Waals surface area contributed by atoms with Crippen LogP contribution in [0.15, 0.2) is 30.3 Å². The van der Waals surface area contributed by atoms with E-state index in [4.69, 9.17) is 4.74 Å². The van der Waals surface area contributed by atoms with Crippen LogP contribution in [-0.4, -0.2) is 25.8 Å². The topological polar surface area (TPSA) is 21.3 Å². The second kappa shape index (κ2) is 6.53. The van der Waals surface area contributed by atoms with E-state index >= 15 is 0 Å². The summed E-state index contributed by atoms with van der Waals surface area (Å²) in [5, 5.41) is 3.68. The second-order valence-electron chi connectivity index (χ2n) is 6.23. The SMILES string of the molecule is COC1CC(NCCCCc2ccccc2)C1(C)C. The van der Waals surface area contributed by atoms with Gasteiger partial charge in [-0.05, 0) is 37.8 Å². The fourth-order valence-electron chi connectivity index (χ4n) is 3.01. The van der Waals surface area contributed by atoms with Crippen LogP contribution in [-0.2, 0) is 11.2 Å². The van der Waals surface area contributed by atoms with E-state index in [9.17, 15) is 0 Å². The zero-order valence-electron chi connectivity index (χ0n) is 12.5. The highest BCUT2D eigenvalue weighted by Gasteiger charge is 2.47. The fraction of sp³-hybridized carbons (Fsp3) is 0.647. The van der Waals surface area contributed by atoms with Crippen LogP contribution >= 0.6 is 0 Å². The molecule has 1 saturated carbocycles. The van der Waals surface area contributed by atoms with Gasteiger partial charge in [-0.25, -0.2) is 0 Å². The molecule has 2 heteroatoms. The Hall–Kier alpha value is -0.860. The number of unbranched alkanes of at least 4 members (excludes halogenated alkanes) is 1. The van der Waals surface area contributed by atoms with Gasteiger partial charge in [0.15, 0.2) is 0 Å². The molecule has 2 rings (SSSR count). The van der Waals surface area contributed by atoms with Gasteiger partial charge in [0, 0.05) is 18.6 Å². The third-order valence-corrected chi connectivity index (χ3v) is 4.59. The van der Waals surface area contributed by atoms with Crippen LogP contribution in [0.4, 0.5) is 0 Å². The molecule has 0 bridgehead atoms. The summed E-state index contributed by atoms with van der Waals surface area (Å²) in [6.07, 6.45) is 5.28. The maximum absolute atomic E-state index is 5.48. The van der Waals surface area contributed by atoms with Crippen molar-refractivity contribution in [2.24, 2.45) is 5.41 Å². The average Bonchev–Trinajstić information content (AvgIpc) is 2.42. The van der Waals surface area contributed by atoms with Gasteiger partial charge in [0.25, 0.3) is 0 Å². The third-order valence-electron chi connectivity index (χ3n) is 4.59. The van der Waals surface area contributed by atoms with E-state index in [1.54, 1.807) is 0 Å². The monoisotopic (exact) mass is 261 g/mol. The number of ether oxygens (including phenoxy) is 1. The summed E-state index contributed by atoms with van der Waals surface area (Å²) in [5.41, 5.74) is 1.74. The minimum absolute atomic E-state index is 0.286. The van der Waals surface area contributed by atoms with Crippen LogP contribution in [0.25, 0.3) is 0 Å². The summed E-state index contributed by atoms with van der Waals surface area (Å²) in [6, 6.07) is 11.4. The van der Waals surface area contributed by atoms with Gasteiger partial charge in [-0.2, -0.15) is 0 Å². The van der Waals surface area contributed by atoms with Gasteiger partial charge in [-0.1, -0.05) is 44.2 Å². The van der Waals surface area contributed by atoms with Crippen LogP contribution in [0.2, 0.25) is 0 Å². The first-order chi connectivity index (χ1) is 9.14. The summed E-state index contributed by atoms with van der Waals surface area (Å²) < 4.78 is 5.48. The third kappa shape index (κ3) is 3.58. The molecule has 0 aliphatic heterocycles. The molecule has 106 valence electrons. The van der Waals surface area contributed by atoms with Crippen LogP contribution < -0.4 is 5.32 Å². The number of rotatable bonds is 7. The zero-order chi connectivity index (χ0) is 13.7. The number of hydrogen-bond acceptors (Lipinski definition) is 2. The Morgan fingerprint density at radius 1 is 1.21 bits per heavy atom. The van der Waals surface area contributed by atoms with Gasteiger partial charge in [0.2, 0.25) is 0 Å². The first-order valence-corrected chi connectivity index (χ1v) is 7.44. The lowest BCUT2D eigenvalue weighted by Gasteiger charge is -2.51. The first kappa shape index (κ1) is 14.5. The summed E-state index contributed by atoms with van der Waals surface area (Å²) >= 11 is 0. The molecule has 0 radical (unpaired) electrons. The minimum atomic E-state index is 0.286. The van der Waals surface area contributed by atoms with Crippen molar-refractivity contribution in [2.75, 3.05) is 13.7 Å². The molecular weight excluding hydrogens is 234 g/mol. The molecule has 2 atom stereocenters. The van der Waals surface area contributed by atoms with E-state index < -0.39 is 0 Å². The quantitative estimate of drug-likeness (QED) is 0.759. The van der Waals surface area contributed by atoms with E-state index in [1.165, 1.54) is 24.8 Å². The Morgan fingerprint density at radius 3 is 2.58 bits per heavy atom. The molecule has 0 spiro atoms. The highest BCUT2D eigenvalue weighted by Crippen LogP contribution is 2.42. The lowest BCUT2D eigenvalue weighted by Crippen LogP contribution is -2.60. The van der Waals surface area contributed by atoms with E-state index in [2.05, 4.69) is 49.5 Å². The van der Waals surface area contributed by atoms with E-state index in [1.807, 2.05) is 7.11 Å². The van der Waals surface area contributed by atoms with Crippen molar-refractivity contribution in [1.82, 2.24) is 5.32 Å². The van der Waals surface area contributed by atoms with E-state index in [-0.39, 0.29) is 5.41 Å². The second-order valence-corrected chi connectivity index (χ2v) is 6.23. The first-order valence-electron chi connectivity index (χ1n) is 7.44. The molecule has 2 nitrogen and oxygen atoms in total. The predicted octanol–water partition coefficient (Wildman–Crippen LogP) is 3.41. The molecular formula is C17H27NO. The molecule has 1 aliphatic carbocycles. The number of hydrogen-bond donors (Lipinski definition) is 1. The molecule has 1 N–H and O–H groups in total. The average molecular weight is 261 g/mol. The van der Waals surface area contributed by atoms with E-state index in [0.717, 1.165) is 13.0 Å². The Kier molecular flexibility index (Phi) is 5.00. The number of aryl methyl sites for hydroxylation is 1. The van der Waals surface area contributed by atoms with Crippen molar-refractivity contribution in [3.63, 3.8) is 0 Å². The normalized spacial score (nSPS) is 25.0. The number of benzene rings is 1. The lowest BCUT2D eigenvalue weighted by molar-refractivity contribution is -0.0972. The van der Waals surface area contributed by atoms with Gasteiger partial charge in [-0.15, -0.1) is 0 Å². The van der Waals surface area contributed by atoms with Crippen LogP contribution in [0.1, 0.15) is 38.7 Å².